The van der Waals surface area contributed by atoms with Crippen molar-refractivity contribution in [3.8, 4) is 17.2 Å². The fourth-order valence-electron chi connectivity index (χ4n) is 2.64. The molecule has 1 amide bonds. The molecule has 174 valence electrons. The molecule has 0 atom stereocenters. The number of phenolic OH excluding ortho intramolecular Hbond substituents is 1. The van der Waals surface area contributed by atoms with Crippen molar-refractivity contribution in [1.82, 2.24) is 0 Å². The molecule has 0 unspecified atom stereocenters. The third-order valence-corrected chi connectivity index (χ3v) is 5.01. The molecule has 0 bridgehead atoms. The molecule has 4 nitrogen and oxygen atoms in total. The molecular formula is C21H12ClF6NO3S. The zero-order valence-electron chi connectivity index (χ0n) is 16.1. The number of ether oxygens (including phenoxy) is 1. The lowest BCUT2D eigenvalue weighted by atomic mass is 10.1. The van der Waals surface area contributed by atoms with E-state index in [0.29, 0.717) is 6.07 Å². The van der Waals surface area contributed by atoms with E-state index >= 15 is 0 Å². The number of nitrogens with one attached hydrogen (secondary N) is 1. The number of thioether (sulfide) groups is 1. The van der Waals surface area contributed by atoms with Gasteiger partial charge in [-0.1, -0.05) is 11.6 Å². The molecule has 0 radical (unpaired) electrons. The van der Waals surface area contributed by atoms with Crippen molar-refractivity contribution in [2.45, 2.75) is 16.6 Å². The van der Waals surface area contributed by atoms with Gasteiger partial charge < -0.3 is 15.2 Å². The number of benzene rings is 3. The van der Waals surface area contributed by atoms with Gasteiger partial charge in [0, 0.05) is 15.6 Å². The first kappa shape index (κ1) is 24.6. The molecule has 2 N–H and O–H groups in total. The van der Waals surface area contributed by atoms with Gasteiger partial charge >= 0.3 is 11.7 Å². The SMILES string of the molecule is O=C(Nc1ccc(Oc2ccc(SC(F)(F)F)cc2)c(C(F)(F)F)c1)c1cc(Cl)ccc1O. The van der Waals surface area contributed by atoms with Gasteiger partial charge in [-0.2, -0.15) is 26.3 Å². The first-order chi connectivity index (χ1) is 15.3. The number of anilines is 1. The topological polar surface area (TPSA) is 58.6 Å². The van der Waals surface area contributed by atoms with Gasteiger partial charge in [-0.25, -0.2) is 0 Å². The van der Waals surface area contributed by atoms with Crippen molar-refractivity contribution in [2.75, 3.05) is 5.32 Å². The zero-order valence-corrected chi connectivity index (χ0v) is 17.7. The summed E-state index contributed by atoms with van der Waals surface area (Å²) >= 11 is 5.40. The van der Waals surface area contributed by atoms with E-state index in [4.69, 9.17) is 16.3 Å². The van der Waals surface area contributed by atoms with Crippen LogP contribution in [0.3, 0.4) is 0 Å². The number of rotatable bonds is 5. The van der Waals surface area contributed by atoms with Crippen LogP contribution >= 0.6 is 23.4 Å². The van der Waals surface area contributed by atoms with Crippen molar-refractivity contribution in [3.05, 3.63) is 76.8 Å². The minimum atomic E-state index is -4.87. The highest BCUT2D eigenvalue weighted by atomic mass is 35.5. The van der Waals surface area contributed by atoms with Crippen molar-refractivity contribution in [3.63, 3.8) is 0 Å². The van der Waals surface area contributed by atoms with E-state index in [1.807, 2.05) is 0 Å². The number of halogens is 7. The lowest BCUT2D eigenvalue weighted by Gasteiger charge is -2.16. The summed E-state index contributed by atoms with van der Waals surface area (Å²) in [6.07, 6.45) is -4.87. The molecule has 0 aromatic heterocycles. The van der Waals surface area contributed by atoms with Crippen LogP contribution in [-0.4, -0.2) is 16.5 Å². The Bertz CT molecular complexity index is 1170. The normalized spacial score (nSPS) is 11.8. The van der Waals surface area contributed by atoms with Crippen molar-refractivity contribution in [2.24, 2.45) is 0 Å². The van der Waals surface area contributed by atoms with E-state index < -0.39 is 34.7 Å². The Labute approximate surface area is 192 Å². The van der Waals surface area contributed by atoms with E-state index in [1.54, 1.807) is 0 Å². The summed E-state index contributed by atoms with van der Waals surface area (Å²) in [5, 5.41) is 12.1. The van der Waals surface area contributed by atoms with Crippen LogP contribution in [0.15, 0.2) is 65.6 Å². The molecule has 0 spiro atoms. The second-order valence-electron chi connectivity index (χ2n) is 6.45. The van der Waals surface area contributed by atoms with Gasteiger partial charge in [0.2, 0.25) is 0 Å². The first-order valence-corrected chi connectivity index (χ1v) is 10.1. The molecule has 0 aliphatic carbocycles. The van der Waals surface area contributed by atoms with Crippen LogP contribution in [0.1, 0.15) is 15.9 Å². The van der Waals surface area contributed by atoms with Crippen molar-refractivity contribution in [1.29, 1.82) is 0 Å². The second-order valence-corrected chi connectivity index (χ2v) is 8.02. The van der Waals surface area contributed by atoms with Gasteiger partial charge in [-0.05, 0) is 72.4 Å². The van der Waals surface area contributed by atoms with E-state index in [2.05, 4.69) is 5.32 Å². The molecule has 0 heterocycles. The van der Waals surface area contributed by atoms with Gasteiger partial charge in [0.1, 0.15) is 22.8 Å². The summed E-state index contributed by atoms with van der Waals surface area (Å²) in [7, 11) is 0. The van der Waals surface area contributed by atoms with Crippen LogP contribution in [-0.2, 0) is 6.18 Å². The van der Waals surface area contributed by atoms with Crippen molar-refractivity contribution < 1.29 is 41.0 Å². The van der Waals surface area contributed by atoms with Crippen LogP contribution in [0, 0.1) is 0 Å². The summed E-state index contributed by atoms with van der Waals surface area (Å²) in [4.78, 5) is 12.2. The number of aromatic hydroxyl groups is 1. The molecule has 0 fully saturated rings. The van der Waals surface area contributed by atoms with Crippen LogP contribution in [0.2, 0.25) is 5.02 Å². The monoisotopic (exact) mass is 507 g/mol. The van der Waals surface area contributed by atoms with Gasteiger partial charge in [-0.3, -0.25) is 4.79 Å². The standard InChI is InChI=1S/C21H12ClF6NO3S/c22-11-1-7-17(30)15(9-11)19(31)29-12-2-8-18(16(10-12)20(23,24)25)32-13-3-5-14(6-4-13)33-21(26,27)28/h1-10,30H,(H,29,31). The summed E-state index contributed by atoms with van der Waals surface area (Å²) < 4.78 is 83.2. The van der Waals surface area contributed by atoms with Gasteiger partial charge in [0.15, 0.2) is 0 Å². The Balaban J connectivity index is 1.84. The maximum absolute atomic E-state index is 13.6. The summed E-state index contributed by atoms with van der Waals surface area (Å²) in [5.74, 6) is -2.05. The highest BCUT2D eigenvalue weighted by Gasteiger charge is 2.35. The number of hydrogen-bond donors (Lipinski definition) is 2. The number of amides is 1. The Morgan fingerprint density at radius 2 is 1.61 bits per heavy atom. The third kappa shape index (κ3) is 6.72. The first-order valence-electron chi connectivity index (χ1n) is 8.86. The van der Waals surface area contributed by atoms with Crippen LogP contribution in [0.25, 0.3) is 0 Å². The molecule has 0 aliphatic rings. The lowest BCUT2D eigenvalue weighted by molar-refractivity contribution is -0.138. The van der Waals surface area contributed by atoms with Crippen molar-refractivity contribution >= 4 is 35.0 Å². The minimum absolute atomic E-state index is 0.118. The minimum Gasteiger partial charge on any atom is -0.507 e. The van der Waals surface area contributed by atoms with Crippen LogP contribution in [0.5, 0.6) is 17.2 Å². The predicted octanol–water partition coefficient (Wildman–Crippen LogP) is 7.72. The average Bonchev–Trinajstić information content (AvgIpc) is 2.70. The fourth-order valence-corrected chi connectivity index (χ4v) is 3.35. The maximum atomic E-state index is 13.6. The maximum Gasteiger partial charge on any atom is 0.446 e. The van der Waals surface area contributed by atoms with Crippen LogP contribution < -0.4 is 10.1 Å². The number of phenols is 1. The lowest BCUT2D eigenvalue weighted by Crippen LogP contribution is -2.14. The Morgan fingerprint density at radius 1 is 0.939 bits per heavy atom. The molecule has 3 aromatic carbocycles. The third-order valence-electron chi connectivity index (χ3n) is 4.03. The average molecular weight is 508 g/mol. The van der Waals surface area contributed by atoms with Crippen LogP contribution in [0.4, 0.5) is 32.0 Å². The number of carbonyl (C=O) groups is 1. The molecule has 3 aromatic rings. The highest BCUT2D eigenvalue weighted by molar-refractivity contribution is 8.00. The Morgan fingerprint density at radius 3 is 2.21 bits per heavy atom. The van der Waals surface area contributed by atoms with E-state index in [1.165, 1.54) is 6.07 Å². The summed E-state index contributed by atoms with van der Waals surface area (Å²) in [6.45, 7) is 0. The Kier molecular flexibility index (Phi) is 7.03. The highest BCUT2D eigenvalue weighted by Crippen LogP contribution is 2.41. The molecule has 3 rings (SSSR count). The summed E-state index contributed by atoms with van der Waals surface area (Å²) in [5.41, 5.74) is -6.22. The molecule has 0 aliphatic heterocycles. The summed E-state index contributed by atoms with van der Waals surface area (Å²) in [6, 6.07) is 10.7. The Hall–Kier alpha value is -3.05. The molecule has 33 heavy (non-hydrogen) atoms. The molecule has 0 saturated heterocycles. The number of carbonyl (C=O) groups excluding carboxylic acids is 1. The predicted molar refractivity (Wildman–Crippen MR) is 111 cm³/mol. The van der Waals surface area contributed by atoms with Gasteiger partial charge in [0.05, 0.1) is 5.56 Å². The zero-order chi connectivity index (χ0) is 24.4. The van der Waals surface area contributed by atoms with E-state index in [-0.39, 0.29) is 38.7 Å². The second kappa shape index (κ2) is 9.44. The van der Waals surface area contributed by atoms with E-state index in [0.717, 1.165) is 48.5 Å². The number of alkyl halides is 6. The smallest absolute Gasteiger partial charge is 0.446 e. The molecule has 0 saturated carbocycles. The van der Waals surface area contributed by atoms with Gasteiger partial charge in [-0.15, -0.1) is 0 Å². The van der Waals surface area contributed by atoms with Gasteiger partial charge in [0.25, 0.3) is 5.91 Å². The number of hydrogen-bond acceptors (Lipinski definition) is 4. The molecular weight excluding hydrogens is 496 g/mol. The quantitative estimate of drug-likeness (QED) is 0.274. The molecule has 12 heteroatoms. The fraction of sp³-hybridized carbons (Fsp3) is 0.0952. The largest absolute Gasteiger partial charge is 0.507 e. The van der Waals surface area contributed by atoms with E-state index in [9.17, 15) is 36.2 Å².